The van der Waals surface area contributed by atoms with E-state index < -0.39 is 0 Å². The Kier molecular flexibility index (Phi) is 4.26. The van der Waals surface area contributed by atoms with Crippen LogP contribution in [0.15, 0.2) is 16.9 Å². The van der Waals surface area contributed by atoms with E-state index in [4.69, 9.17) is 0 Å². The summed E-state index contributed by atoms with van der Waals surface area (Å²) in [6.45, 7) is 7.55. The summed E-state index contributed by atoms with van der Waals surface area (Å²) >= 11 is 1.44. The van der Waals surface area contributed by atoms with Crippen molar-refractivity contribution in [3.63, 3.8) is 0 Å². The molecule has 6 nitrogen and oxygen atoms in total. The van der Waals surface area contributed by atoms with Crippen molar-refractivity contribution in [2.75, 3.05) is 11.9 Å². The third kappa shape index (κ3) is 3.37. The molecule has 2 rings (SSSR count). The highest BCUT2D eigenvalue weighted by atomic mass is 32.1. The summed E-state index contributed by atoms with van der Waals surface area (Å²) in [6.07, 6.45) is 0. The highest BCUT2D eigenvalue weighted by molar-refractivity contribution is 7.18. The summed E-state index contributed by atoms with van der Waals surface area (Å²) < 4.78 is 1.41. The van der Waals surface area contributed by atoms with Crippen LogP contribution in [0.3, 0.4) is 0 Å². The number of aryl methyl sites for hydroxylation is 1. The summed E-state index contributed by atoms with van der Waals surface area (Å²) in [6, 6.07) is 3.19. The Labute approximate surface area is 115 Å². The van der Waals surface area contributed by atoms with E-state index in [9.17, 15) is 4.79 Å². The molecule has 2 aromatic heterocycles. The van der Waals surface area contributed by atoms with Crippen molar-refractivity contribution in [2.45, 2.75) is 27.3 Å². The minimum Gasteiger partial charge on any atom is -0.360 e. The standard InChI is InChI=1S/C12H17N5OS/c1-4-17-10(18)6-5-9(16-17)11-14-15-12(19-11)13-7-8(2)3/h5-6,8H,4,7H2,1-3H3,(H,13,15). The molecule has 0 saturated carbocycles. The minimum atomic E-state index is -0.103. The second-order valence-electron chi connectivity index (χ2n) is 4.56. The molecule has 0 atom stereocenters. The van der Waals surface area contributed by atoms with Crippen LogP contribution in [0.1, 0.15) is 20.8 Å². The summed E-state index contributed by atoms with van der Waals surface area (Å²) in [4.78, 5) is 11.5. The Morgan fingerprint density at radius 1 is 1.37 bits per heavy atom. The van der Waals surface area contributed by atoms with Gasteiger partial charge >= 0.3 is 0 Å². The van der Waals surface area contributed by atoms with Gasteiger partial charge in [-0.3, -0.25) is 4.79 Å². The van der Waals surface area contributed by atoms with Gasteiger partial charge in [0, 0.05) is 19.2 Å². The van der Waals surface area contributed by atoms with Crippen LogP contribution in [0.5, 0.6) is 0 Å². The highest BCUT2D eigenvalue weighted by Gasteiger charge is 2.09. The molecule has 0 aliphatic rings. The maximum atomic E-state index is 11.5. The van der Waals surface area contributed by atoms with E-state index >= 15 is 0 Å². The lowest BCUT2D eigenvalue weighted by Crippen LogP contribution is -2.20. The van der Waals surface area contributed by atoms with Gasteiger partial charge in [-0.2, -0.15) is 5.10 Å². The van der Waals surface area contributed by atoms with E-state index in [1.54, 1.807) is 6.07 Å². The number of hydrogen-bond acceptors (Lipinski definition) is 6. The smallest absolute Gasteiger partial charge is 0.266 e. The number of nitrogens with one attached hydrogen (secondary N) is 1. The molecular formula is C12H17N5OS. The van der Waals surface area contributed by atoms with Crippen molar-refractivity contribution >= 4 is 16.5 Å². The number of hydrogen-bond donors (Lipinski definition) is 1. The van der Waals surface area contributed by atoms with Crippen molar-refractivity contribution in [1.82, 2.24) is 20.0 Å². The average Bonchev–Trinajstić information content (AvgIpc) is 2.86. The van der Waals surface area contributed by atoms with Crippen molar-refractivity contribution in [3.05, 3.63) is 22.5 Å². The van der Waals surface area contributed by atoms with Crippen molar-refractivity contribution < 1.29 is 0 Å². The monoisotopic (exact) mass is 279 g/mol. The Bertz CT molecular complexity index is 604. The SMILES string of the molecule is CCn1nc(-c2nnc(NCC(C)C)s2)ccc1=O. The first-order valence-electron chi connectivity index (χ1n) is 6.26. The first-order chi connectivity index (χ1) is 9.10. The van der Waals surface area contributed by atoms with E-state index in [1.165, 1.54) is 22.1 Å². The van der Waals surface area contributed by atoms with Gasteiger partial charge in [-0.15, -0.1) is 10.2 Å². The number of aromatic nitrogens is 4. The largest absolute Gasteiger partial charge is 0.360 e. The molecule has 0 aliphatic carbocycles. The maximum absolute atomic E-state index is 11.5. The summed E-state index contributed by atoms with van der Waals surface area (Å²) in [5.74, 6) is 0.549. The van der Waals surface area contributed by atoms with Crippen molar-refractivity contribution in [3.8, 4) is 10.7 Å². The quantitative estimate of drug-likeness (QED) is 0.904. The third-order valence-corrected chi connectivity index (χ3v) is 3.38. The molecule has 0 fully saturated rings. The van der Waals surface area contributed by atoms with Crippen LogP contribution in [-0.2, 0) is 6.54 Å². The molecule has 0 amide bonds. The molecule has 0 aromatic carbocycles. The van der Waals surface area contributed by atoms with Gasteiger partial charge < -0.3 is 5.32 Å². The van der Waals surface area contributed by atoms with Crippen molar-refractivity contribution in [2.24, 2.45) is 5.92 Å². The minimum absolute atomic E-state index is 0.103. The molecule has 2 heterocycles. The Balaban J connectivity index is 2.20. The lowest BCUT2D eigenvalue weighted by atomic mass is 10.2. The van der Waals surface area contributed by atoms with Crippen LogP contribution >= 0.6 is 11.3 Å². The van der Waals surface area contributed by atoms with E-state index in [2.05, 4.69) is 34.5 Å². The summed E-state index contributed by atoms with van der Waals surface area (Å²) in [7, 11) is 0. The van der Waals surface area contributed by atoms with Gasteiger partial charge in [-0.05, 0) is 18.9 Å². The molecule has 0 aliphatic heterocycles. The highest BCUT2D eigenvalue weighted by Crippen LogP contribution is 2.23. The fraction of sp³-hybridized carbons (Fsp3) is 0.500. The Morgan fingerprint density at radius 2 is 2.16 bits per heavy atom. The molecule has 19 heavy (non-hydrogen) atoms. The number of rotatable bonds is 5. The average molecular weight is 279 g/mol. The normalized spacial score (nSPS) is 10.9. The van der Waals surface area contributed by atoms with Gasteiger partial charge in [0.05, 0.1) is 0 Å². The summed E-state index contributed by atoms with van der Waals surface area (Å²) in [5.41, 5.74) is 0.575. The van der Waals surface area contributed by atoms with Crippen LogP contribution < -0.4 is 10.9 Å². The molecule has 1 N–H and O–H groups in total. The lowest BCUT2D eigenvalue weighted by molar-refractivity contribution is 0.618. The zero-order valence-corrected chi connectivity index (χ0v) is 12.1. The third-order valence-electron chi connectivity index (χ3n) is 2.47. The molecule has 0 radical (unpaired) electrons. The molecule has 7 heteroatoms. The van der Waals surface area contributed by atoms with E-state index in [-0.39, 0.29) is 5.56 Å². The van der Waals surface area contributed by atoms with Crippen LogP contribution in [0.4, 0.5) is 5.13 Å². The molecule has 0 unspecified atom stereocenters. The topological polar surface area (TPSA) is 72.7 Å². The summed E-state index contributed by atoms with van der Waals surface area (Å²) in [5, 5.41) is 17.1. The van der Waals surface area contributed by atoms with Gasteiger partial charge in [0.2, 0.25) is 5.13 Å². The predicted octanol–water partition coefficient (Wildman–Crippen LogP) is 1.85. The zero-order valence-electron chi connectivity index (χ0n) is 11.3. The molecule has 0 spiro atoms. The number of nitrogens with zero attached hydrogens (tertiary/aromatic N) is 4. The van der Waals surface area contributed by atoms with Gasteiger partial charge in [0.15, 0.2) is 5.01 Å². The number of anilines is 1. The predicted molar refractivity (Wildman–Crippen MR) is 76.4 cm³/mol. The lowest BCUT2D eigenvalue weighted by Gasteiger charge is -2.03. The first-order valence-corrected chi connectivity index (χ1v) is 7.07. The second kappa shape index (κ2) is 5.92. The maximum Gasteiger partial charge on any atom is 0.266 e. The second-order valence-corrected chi connectivity index (χ2v) is 5.54. The van der Waals surface area contributed by atoms with Crippen LogP contribution in [0.2, 0.25) is 0 Å². The first kappa shape index (κ1) is 13.7. The van der Waals surface area contributed by atoms with Gasteiger partial charge in [-0.25, -0.2) is 4.68 Å². The molecular weight excluding hydrogens is 262 g/mol. The van der Waals surface area contributed by atoms with E-state index in [0.29, 0.717) is 23.2 Å². The Morgan fingerprint density at radius 3 is 2.84 bits per heavy atom. The molecule has 2 aromatic rings. The van der Waals surface area contributed by atoms with Crippen molar-refractivity contribution in [1.29, 1.82) is 0 Å². The fourth-order valence-electron chi connectivity index (χ4n) is 1.48. The van der Waals surface area contributed by atoms with Crippen LogP contribution in [-0.4, -0.2) is 26.5 Å². The molecule has 0 bridgehead atoms. The molecule has 102 valence electrons. The van der Waals surface area contributed by atoms with Crippen LogP contribution in [0.25, 0.3) is 10.7 Å². The van der Waals surface area contributed by atoms with Gasteiger partial charge in [0.25, 0.3) is 5.56 Å². The Hall–Kier alpha value is -1.76. The van der Waals surface area contributed by atoms with Gasteiger partial charge in [-0.1, -0.05) is 25.2 Å². The van der Waals surface area contributed by atoms with Gasteiger partial charge in [0.1, 0.15) is 5.69 Å². The van der Waals surface area contributed by atoms with Crippen LogP contribution in [0, 0.1) is 5.92 Å². The van der Waals surface area contributed by atoms with E-state index in [1.807, 2.05) is 6.92 Å². The van der Waals surface area contributed by atoms with E-state index in [0.717, 1.165) is 11.7 Å². The fourth-order valence-corrected chi connectivity index (χ4v) is 2.19. The zero-order chi connectivity index (χ0) is 13.8. The molecule has 0 saturated heterocycles.